The number of benzene rings is 3. The fourth-order valence-corrected chi connectivity index (χ4v) is 2.89. The zero-order valence-electron chi connectivity index (χ0n) is 9.34. The van der Waals surface area contributed by atoms with Gasteiger partial charge in [-0.1, -0.05) is 66.4 Å². The van der Waals surface area contributed by atoms with Gasteiger partial charge >= 0.3 is 0 Å². The second kappa shape index (κ2) is 4.64. The summed E-state index contributed by atoms with van der Waals surface area (Å²) < 4.78 is 0. The Bertz CT molecular complexity index is 624. The first kappa shape index (κ1) is 10.4. The van der Waals surface area contributed by atoms with Crippen molar-refractivity contribution in [3.8, 4) is 0 Å². The van der Waals surface area contributed by atoms with Gasteiger partial charge in [0.2, 0.25) is 0 Å². The van der Waals surface area contributed by atoms with Crippen molar-refractivity contribution < 1.29 is 0 Å². The first-order valence-corrected chi connectivity index (χ1v) is 6.46. The maximum absolute atomic E-state index is 2.18. The maximum atomic E-state index is 2.18. The van der Waals surface area contributed by atoms with Crippen molar-refractivity contribution in [3.63, 3.8) is 0 Å². The van der Waals surface area contributed by atoms with E-state index in [1.807, 2.05) is 17.8 Å². The van der Waals surface area contributed by atoms with Crippen molar-refractivity contribution in [1.82, 2.24) is 0 Å². The lowest BCUT2D eigenvalue weighted by molar-refractivity contribution is 1.44. The van der Waals surface area contributed by atoms with Crippen molar-refractivity contribution >= 4 is 22.5 Å². The number of hydrogen-bond donors (Lipinski definition) is 0. The third-order valence-corrected chi connectivity index (χ3v) is 3.80. The molecule has 0 aliphatic carbocycles. The van der Waals surface area contributed by atoms with Gasteiger partial charge in [0, 0.05) is 9.79 Å². The van der Waals surface area contributed by atoms with E-state index in [1.165, 1.54) is 20.6 Å². The molecule has 1 heteroatoms. The average molecular weight is 236 g/mol. The molecule has 0 N–H and O–H groups in total. The standard InChI is InChI=1S/C16H12S/c1-2-9-14(10-3-1)17-16-12-6-8-13-7-4-5-11-15(13)16/h1-12H. The highest BCUT2D eigenvalue weighted by Gasteiger charge is 2.01. The van der Waals surface area contributed by atoms with Crippen LogP contribution in [0, 0.1) is 0 Å². The van der Waals surface area contributed by atoms with Gasteiger partial charge in [-0.05, 0) is 29.0 Å². The normalized spacial score (nSPS) is 10.6. The summed E-state index contributed by atoms with van der Waals surface area (Å²) in [7, 11) is 0. The molecule has 0 fully saturated rings. The molecule has 0 heterocycles. The Balaban J connectivity index is 2.06. The van der Waals surface area contributed by atoms with Gasteiger partial charge in [-0.2, -0.15) is 0 Å². The molecule has 3 aromatic rings. The first-order chi connectivity index (χ1) is 8.43. The van der Waals surface area contributed by atoms with Crippen LogP contribution in [0.1, 0.15) is 0 Å². The molecule has 0 aromatic heterocycles. The van der Waals surface area contributed by atoms with Crippen LogP contribution < -0.4 is 0 Å². The molecule has 0 aliphatic rings. The summed E-state index contributed by atoms with van der Waals surface area (Å²) in [5, 5.41) is 2.62. The fraction of sp³-hybridized carbons (Fsp3) is 0. The number of rotatable bonds is 2. The molecule has 17 heavy (non-hydrogen) atoms. The highest BCUT2D eigenvalue weighted by molar-refractivity contribution is 7.99. The SMILES string of the molecule is c1ccc(Sc2cccc3ccccc23)cc1. The van der Waals surface area contributed by atoms with Gasteiger partial charge in [-0.3, -0.25) is 0 Å². The summed E-state index contributed by atoms with van der Waals surface area (Å²) in [6.45, 7) is 0. The minimum absolute atomic E-state index is 1.28. The van der Waals surface area contributed by atoms with Crippen LogP contribution in [-0.4, -0.2) is 0 Å². The molecule has 82 valence electrons. The summed E-state index contributed by atoms with van der Waals surface area (Å²) in [5.74, 6) is 0. The van der Waals surface area contributed by atoms with Gasteiger partial charge in [0.25, 0.3) is 0 Å². The van der Waals surface area contributed by atoms with Crippen molar-refractivity contribution in [3.05, 3.63) is 72.8 Å². The lowest BCUT2D eigenvalue weighted by atomic mass is 10.1. The highest BCUT2D eigenvalue weighted by Crippen LogP contribution is 2.32. The number of hydrogen-bond acceptors (Lipinski definition) is 1. The Hall–Kier alpha value is -1.73. The zero-order valence-corrected chi connectivity index (χ0v) is 10.2. The van der Waals surface area contributed by atoms with E-state index in [4.69, 9.17) is 0 Å². The summed E-state index contributed by atoms with van der Waals surface area (Å²) >= 11 is 1.82. The Morgan fingerprint density at radius 3 is 2.18 bits per heavy atom. The topological polar surface area (TPSA) is 0 Å². The van der Waals surface area contributed by atoms with Crippen molar-refractivity contribution in [2.24, 2.45) is 0 Å². The predicted octanol–water partition coefficient (Wildman–Crippen LogP) is 4.99. The molecule has 0 atom stereocenters. The van der Waals surface area contributed by atoms with E-state index in [-0.39, 0.29) is 0 Å². The van der Waals surface area contributed by atoms with Gasteiger partial charge in [0.15, 0.2) is 0 Å². The van der Waals surface area contributed by atoms with E-state index < -0.39 is 0 Å². The molecule has 3 rings (SSSR count). The monoisotopic (exact) mass is 236 g/mol. The molecule has 0 bridgehead atoms. The van der Waals surface area contributed by atoms with Crippen LogP contribution in [-0.2, 0) is 0 Å². The Labute approximate surface area is 105 Å². The van der Waals surface area contributed by atoms with Crippen LogP contribution in [0.5, 0.6) is 0 Å². The molecular weight excluding hydrogens is 224 g/mol. The Kier molecular flexibility index (Phi) is 2.85. The smallest absolute Gasteiger partial charge is 0.0200 e. The summed E-state index contributed by atoms with van der Waals surface area (Å²) in [6.07, 6.45) is 0. The van der Waals surface area contributed by atoms with Crippen molar-refractivity contribution in [2.75, 3.05) is 0 Å². The van der Waals surface area contributed by atoms with Crippen LogP contribution >= 0.6 is 11.8 Å². The van der Waals surface area contributed by atoms with E-state index in [1.54, 1.807) is 0 Å². The van der Waals surface area contributed by atoms with E-state index in [9.17, 15) is 0 Å². The third kappa shape index (κ3) is 2.20. The van der Waals surface area contributed by atoms with Gasteiger partial charge in [0.05, 0.1) is 0 Å². The molecule has 0 nitrogen and oxygen atoms in total. The van der Waals surface area contributed by atoms with Crippen molar-refractivity contribution in [2.45, 2.75) is 9.79 Å². The second-order valence-electron chi connectivity index (χ2n) is 3.89. The molecule has 3 aromatic carbocycles. The molecule has 0 saturated carbocycles. The Morgan fingerprint density at radius 2 is 1.29 bits per heavy atom. The fourth-order valence-electron chi connectivity index (χ4n) is 1.90. The van der Waals surface area contributed by atoms with Gasteiger partial charge in [0.1, 0.15) is 0 Å². The van der Waals surface area contributed by atoms with Crippen LogP contribution in [0.3, 0.4) is 0 Å². The van der Waals surface area contributed by atoms with Crippen LogP contribution in [0.15, 0.2) is 82.6 Å². The van der Waals surface area contributed by atoms with Gasteiger partial charge < -0.3 is 0 Å². The summed E-state index contributed by atoms with van der Waals surface area (Å²) in [6, 6.07) is 25.5. The molecule has 0 saturated heterocycles. The molecule has 0 aliphatic heterocycles. The molecule has 0 unspecified atom stereocenters. The third-order valence-electron chi connectivity index (χ3n) is 2.72. The number of fused-ring (bicyclic) bond motifs is 1. The molecule has 0 amide bonds. The molecule has 0 radical (unpaired) electrons. The minimum Gasteiger partial charge on any atom is -0.0895 e. The summed E-state index contributed by atoms with van der Waals surface area (Å²) in [4.78, 5) is 2.60. The Morgan fingerprint density at radius 1 is 0.588 bits per heavy atom. The first-order valence-electron chi connectivity index (χ1n) is 5.64. The van der Waals surface area contributed by atoms with Crippen LogP contribution in [0.25, 0.3) is 10.8 Å². The average Bonchev–Trinajstić information content (AvgIpc) is 2.40. The van der Waals surface area contributed by atoms with Crippen LogP contribution in [0.2, 0.25) is 0 Å². The maximum Gasteiger partial charge on any atom is 0.0200 e. The molecule has 0 spiro atoms. The predicted molar refractivity (Wildman–Crippen MR) is 74.5 cm³/mol. The molecular formula is C16H12S. The van der Waals surface area contributed by atoms with Gasteiger partial charge in [-0.15, -0.1) is 0 Å². The van der Waals surface area contributed by atoms with Gasteiger partial charge in [-0.25, -0.2) is 0 Å². The van der Waals surface area contributed by atoms with Crippen molar-refractivity contribution in [1.29, 1.82) is 0 Å². The van der Waals surface area contributed by atoms with E-state index >= 15 is 0 Å². The lowest BCUT2D eigenvalue weighted by Crippen LogP contribution is -1.77. The minimum atomic E-state index is 1.28. The summed E-state index contributed by atoms with van der Waals surface area (Å²) in [5.41, 5.74) is 0. The van der Waals surface area contributed by atoms with E-state index in [0.717, 1.165) is 0 Å². The quantitative estimate of drug-likeness (QED) is 0.604. The van der Waals surface area contributed by atoms with E-state index in [2.05, 4.69) is 66.7 Å². The lowest BCUT2D eigenvalue weighted by Gasteiger charge is -2.05. The van der Waals surface area contributed by atoms with E-state index in [0.29, 0.717) is 0 Å². The largest absolute Gasteiger partial charge is 0.0895 e. The second-order valence-corrected chi connectivity index (χ2v) is 5.01. The van der Waals surface area contributed by atoms with Crippen LogP contribution in [0.4, 0.5) is 0 Å². The highest BCUT2D eigenvalue weighted by atomic mass is 32.2. The zero-order chi connectivity index (χ0) is 11.5.